The Morgan fingerprint density at radius 2 is 1.60 bits per heavy atom. The van der Waals surface area contributed by atoms with E-state index in [1.165, 1.54) is 6.92 Å². The number of hydrogen-bond donors (Lipinski definition) is 2. The standard InChI is InChI=1S/C18H24N4O3/c1-13(23)19-14-4-3-5-15(12-14)20-16(24)18(6-7-18)17(25)22-10-8-21(2)9-11-22/h3-5,12H,6-11H2,1-2H3,(H,19,23)(H,20,24). The molecule has 2 N–H and O–H groups in total. The van der Waals surface area contributed by atoms with Gasteiger partial charge >= 0.3 is 0 Å². The molecule has 134 valence electrons. The monoisotopic (exact) mass is 344 g/mol. The van der Waals surface area contributed by atoms with Crippen molar-refractivity contribution in [1.29, 1.82) is 0 Å². The molecule has 7 heteroatoms. The van der Waals surface area contributed by atoms with Gasteiger partial charge in [-0.3, -0.25) is 14.4 Å². The third-order valence-corrected chi connectivity index (χ3v) is 4.83. The fourth-order valence-electron chi connectivity index (χ4n) is 3.10. The zero-order chi connectivity index (χ0) is 18.0. The quantitative estimate of drug-likeness (QED) is 0.803. The number of nitrogens with one attached hydrogen (secondary N) is 2. The first kappa shape index (κ1) is 17.4. The smallest absolute Gasteiger partial charge is 0.240 e. The van der Waals surface area contributed by atoms with Gasteiger partial charge in [0.2, 0.25) is 17.7 Å². The van der Waals surface area contributed by atoms with Gasteiger partial charge in [0.05, 0.1) is 0 Å². The van der Waals surface area contributed by atoms with Gasteiger partial charge < -0.3 is 20.4 Å². The summed E-state index contributed by atoms with van der Waals surface area (Å²) in [6, 6.07) is 6.94. The van der Waals surface area contributed by atoms with E-state index in [1.54, 1.807) is 29.2 Å². The fraction of sp³-hybridized carbons (Fsp3) is 0.500. The Balaban J connectivity index is 1.66. The van der Waals surface area contributed by atoms with Crippen LogP contribution < -0.4 is 10.6 Å². The molecule has 0 atom stereocenters. The molecule has 1 saturated carbocycles. The van der Waals surface area contributed by atoms with E-state index in [1.807, 2.05) is 7.05 Å². The van der Waals surface area contributed by atoms with Crippen LogP contribution in [0.5, 0.6) is 0 Å². The highest BCUT2D eigenvalue weighted by Crippen LogP contribution is 2.48. The Kier molecular flexibility index (Phi) is 4.76. The first-order chi connectivity index (χ1) is 11.9. The molecular formula is C18H24N4O3. The summed E-state index contributed by atoms with van der Waals surface area (Å²) in [7, 11) is 2.03. The third kappa shape index (κ3) is 3.82. The molecule has 0 bridgehead atoms. The van der Waals surface area contributed by atoms with E-state index < -0.39 is 5.41 Å². The number of rotatable bonds is 4. The van der Waals surface area contributed by atoms with Crippen molar-refractivity contribution in [1.82, 2.24) is 9.80 Å². The minimum Gasteiger partial charge on any atom is -0.339 e. The maximum absolute atomic E-state index is 12.8. The predicted octanol–water partition coefficient (Wildman–Crippen LogP) is 1.14. The van der Waals surface area contributed by atoms with Gasteiger partial charge in [-0.15, -0.1) is 0 Å². The number of carbonyl (C=O) groups excluding carboxylic acids is 3. The lowest BCUT2D eigenvalue weighted by molar-refractivity contribution is -0.143. The molecule has 2 aliphatic rings. The predicted molar refractivity (Wildman–Crippen MR) is 95.1 cm³/mol. The maximum Gasteiger partial charge on any atom is 0.240 e. The van der Waals surface area contributed by atoms with Crippen LogP contribution >= 0.6 is 0 Å². The summed E-state index contributed by atoms with van der Waals surface area (Å²) in [6.45, 7) is 4.44. The highest BCUT2D eigenvalue weighted by molar-refractivity contribution is 6.13. The van der Waals surface area contributed by atoms with Crippen molar-refractivity contribution in [3.05, 3.63) is 24.3 Å². The van der Waals surface area contributed by atoms with E-state index in [2.05, 4.69) is 15.5 Å². The van der Waals surface area contributed by atoms with Crippen molar-refractivity contribution in [3.63, 3.8) is 0 Å². The lowest BCUT2D eigenvalue weighted by Crippen LogP contribution is -2.51. The van der Waals surface area contributed by atoms with Gasteiger partial charge in [-0.2, -0.15) is 0 Å². The topological polar surface area (TPSA) is 81.8 Å². The molecule has 2 fully saturated rings. The van der Waals surface area contributed by atoms with Crippen LogP contribution in [0.4, 0.5) is 11.4 Å². The summed E-state index contributed by atoms with van der Waals surface area (Å²) in [5.41, 5.74) is 0.272. The molecule has 3 rings (SSSR count). The van der Waals surface area contributed by atoms with Crippen LogP contribution in [-0.2, 0) is 14.4 Å². The number of likely N-dealkylation sites (N-methyl/N-ethyl adjacent to an activating group) is 1. The number of amides is 3. The van der Waals surface area contributed by atoms with E-state index in [9.17, 15) is 14.4 Å². The molecule has 7 nitrogen and oxygen atoms in total. The second-order valence-electron chi connectivity index (χ2n) is 6.89. The Labute approximate surface area is 147 Å². The van der Waals surface area contributed by atoms with E-state index in [-0.39, 0.29) is 17.7 Å². The Hall–Kier alpha value is -2.41. The van der Waals surface area contributed by atoms with Crippen molar-refractivity contribution in [2.75, 3.05) is 43.9 Å². The van der Waals surface area contributed by atoms with Crippen LogP contribution in [0, 0.1) is 5.41 Å². The fourth-order valence-corrected chi connectivity index (χ4v) is 3.10. The molecule has 1 aliphatic carbocycles. The van der Waals surface area contributed by atoms with Crippen molar-refractivity contribution >= 4 is 29.1 Å². The van der Waals surface area contributed by atoms with E-state index in [0.717, 1.165) is 13.1 Å². The number of carbonyl (C=O) groups is 3. The van der Waals surface area contributed by atoms with E-state index >= 15 is 0 Å². The molecule has 1 aliphatic heterocycles. The normalized spacial score (nSPS) is 19.2. The minimum absolute atomic E-state index is 0.0592. The zero-order valence-corrected chi connectivity index (χ0v) is 14.7. The van der Waals surface area contributed by atoms with Crippen molar-refractivity contribution < 1.29 is 14.4 Å². The minimum atomic E-state index is -0.917. The molecule has 1 saturated heterocycles. The first-order valence-electron chi connectivity index (χ1n) is 8.58. The van der Waals surface area contributed by atoms with Gasteiger partial charge in [0, 0.05) is 44.5 Å². The second-order valence-corrected chi connectivity index (χ2v) is 6.89. The van der Waals surface area contributed by atoms with Gasteiger partial charge in [-0.05, 0) is 38.1 Å². The lowest BCUT2D eigenvalue weighted by atomic mass is 10.0. The molecule has 1 aromatic rings. The average molecular weight is 344 g/mol. The van der Waals surface area contributed by atoms with E-state index in [0.29, 0.717) is 37.3 Å². The summed E-state index contributed by atoms with van der Waals surface area (Å²) >= 11 is 0. The maximum atomic E-state index is 12.8. The van der Waals surface area contributed by atoms with Crippen LogP contribution in [0.25, 0.3) is 0 Å². The molecule has 1 aromatic carbocycles. The first-order valence-corrected chi connectivity index (χ1v) is 8.58. The van der Waals surface area contributed by atoms with Gasteiger partial charge in [-0.25, -0.2) is 0 Å². The summed E-state index contributed by atoms with van der Waals surface area (Å²) < 4.78 is 0. The summed E-state index contributed by atoms with van der Waals surface area (Å²) in [5, 5.41) is 5.52. The molecule has 0 spiro atoms. The number of hydrogen-bond acceptors (Lipinski definition) is 4. The van der Waals surface area contributed by atoms with Crippen LogP contribution in [0.15, 0.2) is 24.3 Å². The van der Waals surface area contributed by atoms with Gasteiger partial charge in [-0.1, -0.05) is 6.07 Å². The van der Waals surface area contributed by atoms with Crippen LogP contribution in [-0.4, -0.2) is 60.7 Å². The molecule has 1 heterocycles. The summed E-state index contributed by atoms with van der Waals surface area (Å²) in [5.74, 6) is -0.486. The highest BCUT2D eigenvalue weighted by atomic mass is 16.2. The van der Waals surface area contributed by atoms with Crippen molar-refractivity contribution in [3.8, 4) is 0 Å². The third-order valence-electron chi connectivity index (χ3n) is 4.83. The zero-order valence-electron chi connectivity index (χ0n) is 14.7. The van der Waals surface area contributed by atoms with Crippen LogP contribution in [0.2, 0.25) is 0 Å². The van der Waals surface area contributed by atoms with Crippen LogP contribution in [0.1, 0.15) is 19.8 Å². The van der Waals surface area contributed by atoms with Crippen LogP contribution in [0.3, 0.4) is 0 Å². The molecule has 0 radical (unpaired) electrons. The number of benzene rings is 1. The summed E-state index contributed by atoms with van der Waals surface area (Å²) in [4.78, 5) is 40.7. The highest BCUT2D eigenvalue weighted by Gasteiger charge is 2.58. The molecular weight excluding hydrogens is 320 g/mol. The van der Waals surface area contributed by atoms with Gasteiger partial charge in [0.1, 0.15) is 5.41 Å². The Morgan fingerprint density at radius 1 is 1.00 bits per heavy atom. The van der Waals surface area contributed by atoms with Gasteiger partial charge in [0.25, 0.3) is 0 Å². The summed E-state index contributed by atoms with van der Waals surface area (Å²) in [6.07, 6.45) is 1.19. The van der Waals surface area contributed by atoms with Crippen molar-refractivity contribution in [2.24, 2.45) is 5.41 Å². The number of piperazine rings is 1. The molecule has 25 heavy (non-hydrogen) atoms. The second kappa shape index (κ2) is 6.84. The average Bonchev–Trinajstić information content (AvgIpc) is 3.36. The number of anilines is 2. The SMILES string of the molecule is CC(=O)Nc1cccc(NC(=O)C2(C(=O)N3CCN(C)CC3)CC2)c1. The Bertz CT molecular complexity index is 691. The van der Waals surface area contributed by atoms with Crippen molar-refractivity contribution in [2.45, 2.75) is 19.8 Å². The molecule has 3 amide bonds. The molecule has 0 aromatic heterocycles. The number of nitrogens with zero attached hydrogens (tertiary/aromatic N) is 2. The van der Waals surface area contributed by atoms with Gasteiger partial charge in [0.15, 0.2) is 0 Å². The Morgan fingerprint density at radius 3 is 2.16 bits per heavy atom. The lowest BCUT2D eigenvalue weighted by Gasteiger charge is -2.34. The largest absolute Gasteiger partial charge is 0.339 e. The van der Waals surface area contributed by atoms with E-state index in [4.69, 9.17) is 0 Å². The molecule has 0 unspecified atom stereocenters.